The van der Waals surface area contributed by atoms with Gasteiger partial charge in [0.25, 0.3) is 0 Å². The first-order valence-corrected chi connectivity index (χ1v) is 6.54. The lowest BCUT2D eigenvalue weighted by Gasteiger charge is -2.25. The van der Waals surface area contributed by atoms with Gasteiger partial charge in [0.05, 0.1) is 18.4 Å². The van der Waals surface area contributed by atoms with E-state index in [1.165, 1.54) is 5.69 Å². The van der Waals surface area contributed by atoms with E-state index in [1.807, 2.05) is 12.1 Å². The lowest BCUT2D eigenvalue weighted by molar-refractivity contribution is 0.104. The molecule has 4 heteroatoms. The number of hydrogen-bond donors (Lipinski definition) is 1. The maximum Gasteiger partial charge on any atom is 0.142 e. The zero-order valence-electron chi connectivity index (χ0n) is 11.0. The molecule has 0 bridgehead atoms. The minimum absolute atomic E-state index is 0.140. The van der Waals surface area contributed by atoms with E-state index in [9.17, 15) is 0 Å². The van der Waals surface area contributed by atoms with Crippen molar-refractivity contribution in [3.8, 4) is 5.75 Å². The molecule has 1 aliphatic heterocycles. The highest BCUT2D eigenvalue weighted by atomic mass is 16.5. The second-order valence-corrected chi connectivity index (χ2v) is 4.54. The van der Waals surface area contributed by atoms with Gasteiger partial charge in [0.2, 0.25) is 0 Å². The number of hydrogen-bond acceptors (Lipinski definition) is 4. The van der Waals surface area contributed by atoms with Crippen LogP contribution in [0.2, 0.25) is 0 Å². The predicted molar refractivity (Wildman–Crippen MR) is 73.2 cm³/mol. The molecule has 0 spiro atoms. The first-order chi connectivity index (χ1) is 8.85. The monoisotopic (exact) mass is 250 g/mol. The quantitative estimate of drug-likeness (QED) is 0.863. The number of methoxy groups -OCH3 is 1. The summed E-state index contributed by atoms with van der Waals surface area (Å²) in [6.07, 6.45) is 2.14. The Hall–Kier alpha value is -1.26. The minimum atomic E-state index is 0.140. The van der Waals surface area contributed by atoms with Crippen molar-refractivity contribution in [2.45, 2.75) is 18.9 Å². The summed E-state index contributed by atoms with van der Waals surface area (Å²) < 4.78 is 11.1. The SMILES string of the molecule is COC(CN)CCN1CCCOc2ccccc21. The van der Waals surface area contributed by atoms with Crippen molar-refractivity contribution in [2.24, 2.45) is 5.73 Å². The molecule has 1 heterocycles. The Morgan fingerprint density at radius 1 is 1.44 bits per heavy atom. The van der Waals surface area contributed by atoms with Crippen molar-refractivity contribution < 1.29 is 9.47 Å². The van der Waals surface area contributed by atoms with Gasteiger partial charge < -0.3 is 20.1 Å². The molecule has 1 aromatic carbocycles. The molecule has 2 N–H and O–H groups in total. The molecular formula is C14H22N2O2. The smallest absolute Gasteiger partial charge is 0.142 e. The maximum absolute atomic E-state index is 5.74. The maximum atomic E-state index is 5.74. The van der Waals surface area contributed by atoms with Gasteiger partial charge in [0.15, 0.2) is 0 Å². The fourth-order valence-electron chi connectivity index (χ4n) is 2.26. The van der Waals surface area contributed by atoms with E-state index >= 15 is 0 Å². The van der Waals surface area contributed by atoms with Crippen LogP contribution >= 0.6 is 0 Å². The molecule has 0 aromatic heterocycles. The first-order valence-electron chi connectivity index (χ1n) is 6.54. The molecule has 0 radical (unpaired) electrons. The van der Waals surface area contributed by atoms with Gasteiger partial charge in [-0.05, 0) is 25.0 Å². The van der Waals surface area contributed by atoms with E-state index in [2.05, 4.69) is 17.0 Å². The number of rotatable bonds is 5. The summed E-state index contributed by atoms with van der Waals surface area (Å²) in [5, 5.41) is 0. The van der Waals surface area contributed by atoms with Crippen LogP contribution in [0.4, 0.5) is 5.69 Å². The van der Waals surface area contributed by atoms with Gasteiger partial charge in [-0.3, -0.25) is 0 Å². The van der Waals surface area contributed by atoms with Gasteiger partial charge in [-0.2, -0.15) is 0 Å². The Bertz CT molecular complexity index is 367. The molecule has 0 amide bonds. The Morgan fingerprint density at radius 2 is 2.28 bits per heavy atom. The molecule has 0 saturated carbocycles. The highest BCUT2D eigenvalue weighted by Gasteiger charge is 2.16. The van der Waals surface area contributed by atoms with Gasteiger partial charge in [0.1, 0.15) is 5.75 Å². The van der Waals surface area contributed by atoms with E-state index in [-0.39, 0.29) is 6.10 Å². The van der Waals surface area contributed by atoms with Crippen LogP contribution in [0.15, 0.2) is 24.3 Å². The molecule has 18 heavy (non-hydrogen) atoms. The van der Waals surface area contributed by atoms with Crippen molar-refractivity contribution in [3.05, 3.63) is 24.3 Å². The number of fused-ring (bicyclic) bond motifs is 1. The van der Waals surface area contributed by atoms with Gasteiger partial charge >= 0.3 is 0 Å². The summed E-state index contributed by atoms with van der Waals surface area (Å²) in [6, 6.07) is 8.22. The summed E-state index contributed by atoms with van der Waals surface area (Å²) in [6.45, 7) is 3.34. The molecule has 0 saturated heterocycles. The number of ether oxygens (including phenoxy) is 2. The second kappa shape index (κ2) is 6.61. The fraction of sp³-hybridized carbons (Fsp3) is 0.571. The standard InChI is InChI=1S/C14H22N2O2/c1-17-12(11-15)7-9-16-8-4-10-18-14-6-3-2-5-13(14)16/h2-3,5-6,12H,4,7-11,15H2,1H3. The molecule has 1 aliphatic rings. The predicted octanol–water partition coefficient (Wildman–Crippen LogP) is 1.64. The van der Waals surface area contributed by atoms with Crippen molar-refractivity contribution in [2.75, 3.05) is 38.3 Å². The topological polar surface area (TPSA) is 47.7 Å². The first kappa shape index (κ1) is 13.2. The second-order valence-electron chi connectivity index (χ2n) is 4.54. The van der Waals surface area contributed by atoms with Gasteiger partial charge in [0, 0.05) is 26.7 Å². The third kappa shape index (κ3) is 3.15. The molecular weight excluding hydrogens is 228 g/mol. The number of nitrogens with zero attached hydrogens (tertiary/aromatic N) is 1. The van der Waals surface area contributed by atoms with Crippen LogP contribution in [0.5, 0.6) is 5.75 Å². The number of benzene rings is 1. The summed E-state index contributed by atoms with van der Waals surface area (Å²) in [5.74, 6) is 0.983. The van der Waals surface area contributed by atoms with E-state index in [0.717, 1.165) is 38.3 Å². The van der Waals surface area contributed by atoms with E-state index in [0.29, 0.717) is 6.54 Å². The van der Waals surface area contributed by atoms with Crippen molar-refractivity contribution in [1.29, 1.82) is 0 Å². The summed E-state index contributed by atoms with van der Waals surface area (Å²) in [7, 11) is 1.72. The highest BCUT2D eigenvalue weighted by Crippen LogP contribution is 2.30. The van der Waals surface area contributed by atoms with Crippen molar-refractivity contribution >= 4 is 5.69 Å². The summed E-state index contributed by atoms with van der Waals surface area (Å²) in [4.78, 5) is 2.37. The van der Waals surface area contributed by atoms with Gasteiger partial charge in [-0.15, -0.1) is 0 Å². The lowest BCUT2D eigenvalue weighted by Crippen LogP contribution is -2.31. The fourth-order valence-corrected chi connectivity index (χ4v) is 2.26. The van der Waals surface area contributed by atoms with Crippen LogP contribution in [0.3, 0.4) is 0 Å². The van der Waals surface area contributed by atoms with Crippen LogP contribution in [-0.4, -0.2) is 39.5 Å². The summed E-state index contributed by atoms with van der Waals surface area (Å²) in [5.41, 5.74) is 6.84. The minimum Gasteiger partial charge on any atom is -0.491 e. The van der Waals surface area contributed by atoms with Crippen LogP contribution in [0.1, 0.15) is 12.8 Å². The van der Waals surface area contributed by atoms with Crippen LogP contribution in [-0.2, 0) is 4.74 Å². The Labute approximate surface area is 109 Å². The summed E-state index contributed by atoms with van der Waals surface area (Å²) >= 11 is 0. The van der Waals surface area contributed by atoms with E-state index < -0.39 is 0 Å². The Kier molecular flexibility index (Phi) is 4.84. The van der Waals surface area contributed by atoms with Crippen LogP contribution < -0.4 is 15.4 Å². The van der Waals surface area contributed by atoms with E-state index in [4.69, 9.17) is 15.2 Å². The molecule has 1 atom stereocenters. The molecule has 0 aliphatic carbocycles. The van der Waals surface area contributed by atoms with Crippen molar-refractivity contribution in [1.82, 2.24) is 0 Å². The van der Waals surface area contributed by atoms with Crippen LogP contribution in [0, 0.1) is 0 Å². The number of anilines is 1. The number of nitrogens with two attached hydrogens (primary N) is 1. The molecule has 100 valence electrons. The Balaban J connectivity index is 2.03. The zero-order chi connectivity index (χ0) is 12.8. The third-order valence-corrected chi connectivity index (χ3v) is 3.35. The average molecular weight is 250 g/mol. The normalized spacial score (nSPS) is 16.7. The highest BCUT2D eigenvalue weighted by molar-refractivity contribution is 5.58. The Morgan fingerprint density at radius 3 is 3.06 bits per heavy atom. The third-order valence-electron chi connectivity index (χ3n) is 3.35. The van der Waals surface area contributed by atoms with Crippen LogP contribution in [0.25, 0.3) is 0 Å². The molecule has 2 rings (SSSR count). The van der Waals surface area contributed by atoms with Gasteiger partial charge in [-0.25, -0.2) is 0 Å². The molecule has 0 fully saturated rings. The number of para-hydroxylation sites is 2. The van der Waals surface area contributed by atoms with E-state index in [1.54, 1.807) is 7.11 Å². The molecule has 4 nitrogen and oxygen atoms in total. The molecule has 1 unspecified atom stereocenters. The van der Waals surface area contributed by atoms with Crippen molar-refractivity contribution in [3.63, 3.8) is 0 Å². The lowest BCUT2D eigenvalue weighted by atomic mass is 10.2. The average Bonchev–Trinajstić information content (AvgIpc) is 2.62. The zero-order valence-corrected chi connectivity index (χ0v) is 11.0. The van der Waals surface area contributed by atoms with Gasteiger partial charge in [-0.1, -0.05) is 12.1 Å². The largest absolute Gasteiger partial charge is 0.491 e. The molecule has 1 aromatic rings.